The van der Waals surface area contributed by atoms with E-state index in [-0.39, 0.29) is 45.3 Å². The smallest absolute Gasteiger partial charge is 0.335 e. The number of esters is 1. The fraction of sp³-hybridized carbons (Fsp3) is 0.731. The van der Waals surface area contributed by atoms with E-state index < -0.39 is 188 Å². The van der Waals surface area contributed by atoms with Crippen LogP contribution in [0, 0.1) is 0 Å². The first kappa shape index (κ1) is 75.4. The summed E-state index contributed by atoms with van der Waals surface area (Å²) in [6.07, 6.45) is 0.244. The van der Waals surface area contributed by atoms with Crippen LogP contribution in [0.5, 0.6) is 0 Å². The number of aliphatic carboxylic acids is 1. The van der Waals surface area contributed by atoms with Crippen LogP contribution in [0.25, 0.3) is 0 Å². The van der Waals surface area contributed by atoms with Crippen molar-refractivity contribution < 1.29 is 87.8 Å². The third kappa shape index (κ3) is 27.9. The first-order valence-corrected chi connectivity index (χ1v) is 28.8. The lowest BCUT2D eigenvalue weighted by molar-refractivity contribution is -0.153. The van der Waals surface area contributed by atoms with Crippen molar-refractivity contribution in [2.75, 3.05) is 39.2 Å². The fourth-order valence-corrected chi connectivity index (χ4v) is 8.52. The second kappa shape index (κ2) is 41.4. The molecular weight excluding hydrogens is 1130 g/mol. The number of hydrogen-bond donors (Lipinski definition) is 18. The number of amides is 10. The summed E-state index contributed by atoms with van der Waals surface area (Å²) in [5.74, 6) is -16.4. The van der Waals surface area contributed by atoms with Crippen molar-refractivity contribution in [2.24, 2.45) is 17.2 Å². The Morgan fingerprint density at radius 2 is 1.14 bits per heavy atom. The molecule has 10 amide bonds. The summed E-state index contributed by atoms with van der Waals surface area (Å²) in [5.41, 5.74) is 16.6. The Labute approximate surface area is 493 Å². The normalized spacial score (nSPS) is 24.3. The van der Waals surface area contributed by atoms with Crippen molar-refractivity contribution >= 4 is 82.6 Å². The fourth-order valence-electron chi connectivity index (χ4n) is 8.34. The summed E-state index contributed by atoms with van der Waals surface area (Å²) in [4.78, 5) is 164. The Morgan fingerprint density at radius 1 is 0.631 bits per heavy atom. The summed E-state index contributed by atoms with van der Waals surface area (Å²) in [6.45, 7) is 2.71. The first-order chi connectivity index (χ1) is 39.8. The number of nitrogens with one attached hydrogen (secondary N) is 10. The molecule has 1 saturated heterocycles. The largest absolute Gasteiger partial charge is 0.479 e. The zero-order valence-electron chi connectivity index (χ0n) is 48.2. The van der Waals surface area contributed by atoms with Gasteiger partial charge in [0.1, 0.15) is 54.6 Å². The molecule has 0 aromatic heterocycles. The van der Waals surface area contributed by atoms with E-state index in [1.807, 2.05) is 5.32 Å². The van der Waals surface area contributed by atoms with Crippen LogP contribution in [0.15, 0.2) is 11.8 Å². The summed E-state index contributed by atoms with van der Waals surface area (Å²) < 4.78 is 5.37. The molecule has 0 saturated carbocycles. The quantitative estimate of drug-likeness (QED) is 0.0150. The minimum atomic E-state index is -2.74. The van der Waals surface area contributed by atoms with Crippen molar-refractivity contribution in [1.82, 2.24) is 53.2 Å². The minimum absolute atomic E-state index is 0.0780. The molecule has 84 heavy (non-hydrogen) atoms. The summed E-state index contributed by atoms with van der Waals surface area (Å²) in [6, 6.07) is -15.6. The van der Waals surface area contributed by atoms with Gasteiger partial charge in [-0.25, -0.2) is 9.59 Å². The van der Waals surface area contributed by atoms with E-state index in [1.54, 1.807) is 0 Å². The number of cyclic esters (lactones) is 1. The predicted molar refractivity (Wildman–Crippen MR) is 302 cm³/mol. The predicted octanol–water partition coefficient (Wildman–Crippen LogP) is -5.50. The Hall–Kier alpha value is -6.61. The van der Waals surface area contributed by atoms with Crippen LogP contribution in [-0.4, -0.2) is 208 Å². The zero-order chi connectivity index (χ0) is 63.5. The van der Waals surface area contributed by atoms with Gasteiger partial charge in [-0.3, -0.25) is 47.9 Å². The molecule has 1 aliphatic heterocycles. The van der Waals surface area contributed by atoms with Crippen LogP contribution in [0.1, 0.15) is 130 Å². The number of carbonyl (C=O) groups is 12. The number of nitrogens with two attached hydrogens (primary N) is 3. The molecule has 1 rings (SSSR count). The van der Waals surface area contributed by atoms with E-state index in [9.17, 15) is 83.1 Å². The van der Waals surface area contributed by atoms with Gasteiger partial charge in [0, 0.05) is 7.05 Å². The highest BCUT2D eigenvalue weighted by atomic mass is 35.5. The molecule has 31 nitrogen and oxygen atoms in total. The van der Waals surface area contributed by atoms with E-state index in [0.29, 0.717) is 6.42 Å². The third-order valence-corrected chi connectivity index (χ3v) is 13.6. The van der Waals surface area contributed by atoms with Gasteiger partial charge in [0.25, 0.3) is 5.91 Å². The maximum Gasteiger partial charge on any atom is 0.335 e. The number of rotatable bonds is 28. The van der Waals surface area contributed by atoms with Crippen molar-refractivity contribution in [3.05, 3.63) is 11.8 Å². The Morgan fingerprint density at radius 3 is 1.67 bits per heavy atom. The average molecular weight is 1220 g/mol. The van der Waals surface area contributed by atoms with Crippen molar-refractivity contribution in [3.8, 4) is 0 Å². The Bertz CT molecular complexity index is 2210. The van der Waals surface area contributed by atoms with E-state index in [2.05, 4.69) is 54.8 Å². The number of aliphatic hydroxyl groups is 4. The molecule has 0 aromatic rings. The topological polar surface area (TPSA) is 514 Å². The standard InChI is InChI=1S/C52H90ClN13O18/c1-5-7-8-9-10-11-12-13-14-17-29(68)24-38(71)58-35-27-84-52(83)40(36(69)26-53)65-43(73)30(6-2)59-49(79)39(28(3)67)64-46(76)33(20-23-56)62-50(80)41(42(72)51(81)82)66-45(75)31(18-15-16-21-54)60-47(77)34(25-37(70)57-4)63-44(74)32(19-22-55)61-48(35)78/h6,28-29,31-36,39-42,67-69,72H,5,7-27,54-56H2,1-4H3,(H,57,70)(H,58,71)(H,59,79)(H,60,77)(H,61,78)(H,62,80)(H,63,74)(H,64,76)(H,65,73)(H,66,75)(H,81,82)/b30-6+/t28-,29+,31?,32?,33-,34-,35?,36+,39?,40?,41?,42-/m0/s1. The highest BCUT2D eigenvalue weighted by Gasteiger charge is 2.40. The van der Waals surface area contributed by atoms with Crippen molar-refractivity contribution in [3.63, 3.8) is 0 Å². The molecule has 0 spiro atoms. The number of aliphatic hydroxyl groups excluding tert-OH is 4. The first-order valence-electron chi connectivity index (χ1n) is 28.2. The molecule has 12 atom stereocenters. The third-order valence-electron chi connectivity index (χ3n) is 13.2. The molecule has 21 N–H and O–H groups in total. The van der Waals surface area contributed by atoms with E-state index >= 15 is 0 Å². The van der Waals surface area contributed by atoms with Gasteiger partial charge in [0.2, 0.25) is 53.2 Å². The number of unbranched alkanes of at least 4 members (excludes halogenated alkanes) is 9. The second-order valence-corrected chi connectivity index (χ2v) is 20.5. The number of ether oxygens (including phenoxy) is 1. The van der Waals surface area contributed by atoms with Crippen molar-refractivity contribution in [2.45, 2.75) is 203 Å². The van der Waals surface area contributed by atoms with Gasteiger partial charge in [-0.15, -0.1) is 11.6 Å². The molecule has 1 heterocycles. The SMILES string of the molecule is C/C=C1/NC(=O)C([C@H](C)O)NC(=O)[C@H](CCN)NC(=O)C([C@H](O)C(=O)O)NC(=O)C(CCCCN)NC(=O)[C@H](CC(=O)NC)NC(=O)C(CCN)NC(=O)C(NC(=O)C[C@H](O)CCCCCCCCCCC)COC(=O)C([C@H](O)CCl)NC1=O. The number of carboxylic acids is 1. The molecule has 0 aromatic carbocycles. The number of alkyl halides is 1. The highest BCUT2D eigenvalue weighted by Crippen LogP contribution is 2.14. The van der Waals surface area contributed by atoms with Crippen LogP contribution in [0.3, 0.4) is 0 Å². The van der Waals surface area contributed by atoms with Gasteiger partial charge in [-0.05, 0) is 72.0 Å². The molecule has 1 aliphatic rings. The molecule has 0 radical (unpaired) electrons. The number of allylic oxidation sites excluding steroid dienone is 1. The highest BCUT2D eigenvalue weighted by molar-refractivity contribution is 6.18. The van der Waals surface area contributed by atoms with Crippen LogP contribution >= 0.6 is 11.6 Å². The lowest BCUT2D eigenvalue weighted by atomic mass is 10.0. The van der Waals surface area contributed by atoms with Gasteiger partial charge in [0.05, 0.1) is 37.0 Å². The Kier molecular flexibility index (Phi) is 37.2. The molecule has 478 valence electrons. The molecule has 1 fully saturated rings. The summed E-state index contributed by atoms with van der Waals surface area (Å²) in [7, 11) is 1.20. The van der Waals surface area contributed by atoms with Crippen molar-refractivity contribution in [1.29, 1.82) is 0 Å². The second-order valence-electron chi connectivity index (χ2n) is 20.1. The van der Waals surface area contributed by atoms with Gasteiger partial charge < -0.3 is 101 Å². The number of carboxylic acid groups (broad SMARTS) is 1. The van der Waals surface area contributed by atoms with Crippen LogP contribution in [0.4, 0.5) is 0 Å². The maximum atomic E-state index is 14.2. The number of halogens is 1. The average Bonchev–Trinajstić information content (AvgIpc) is 3.66. The number of carbonyl (C=O) groups excluding carboxylic acids is 11. The molecule has 32 heteroatoms. The van der Waals surface area contributed by atoms with Gasteiger partial charge >= 0.3 is 11.9 Å². The van der Waals surface area contributed by atoms with Crippen LogP contribution in [-0.2, 0) is 62.3 Å². The summed E-state index contributed by atoms with van der Waals surface area (Å²) >= 11 is 5.91. The van der Waals surface area contributed by atoms with Gasteiger partial charge in [0.15, 0.2) is 12.1 Å². The monoisotopic (exact) mass is 1220 g/mol. The molecule has 0 aliphatic carbocycles. The van der Waals surface area contributed by atoms with E-state index in [0.717, 1.165) is 64.4 Å². The van der Waals surface area contributed by atoms with E-state index in [4.69, 9.17) is 33.5 Å². The lowest BCUT2D eigenvalue weighted by Gasteiger charge is -2.29. The molecule has 6 unspecified atom stereocenters. The van der Waals surface area contributed by atoms with Gasteiger partial charge in [-0.2, -0.15) is 0 Å². The molecule has 0 bridgehead atoms. The minimum Gasteiger partial charge on any atom is -0.479 e. The Balaban J connectivity index is 4.03. The van der Waals surface area contributed by atoms with Crippen LogP contribution in [0.2, 0.25) is 0 Å². The summed E-state index contributed by atoms with van der Waals surface area (Å²) in [5, 5.41) is 75.3. The number of hydrogen-bond acceptors (Lipinski definition) is 20. The molecular formula is C52H90ClN13O18. The van der Waals surface area contributed by atoms with Gasteiger partial charge in [-0.1, -0.05) is 70.8 Å². The lowest BCUT2D eigenvalue weighted by Crippen LogP contribution is -2.63. The maximum absolute atomic E-state index is 14.2. The van der Waals surface area contributed by atoms with Crippen LogP contribution < -0.4 is 70.4 Å². The zero-order valence-corrected chi connectivity index (χ0v) is 49.0. The van der Waals surface area contributed by atoms with E-state index in [1.165, 1.54) is 14.0 Å².